The Morgan fingerprint density at radius 3 is 2.87 bits per heavy atom. The van der Waals surface area contributed by atoms with Gasteiger partial charge in [-0.05, 0) is 30.4 Å². The highest BCUT2D eigenvalue weighted by Crippen LogP contribution is 2.29. The van der Waals surface area contributed by atoms with Gasteiger partial charge in [-0.3, -0.25) is 14.9 Å². The molecule has 31 heavy (non-hydrogen) atoms. The number of thioether (sulfide) groups is 1. The largest absolute Gasteiger partial charge is 0.334 e. The van der Waals surface area contributed by atoms with Crippen LogP contribution in [-0.2, 0) is 13.0 Å². The highest BCUT2D eigenvalue weighted by molar-refractivity contribution is 8.14. The smallest absolute Gasteiger partial charge is 0.254 e. The predicted molar refractivity (Wildman–Crippen MR) is 131 cm³/mol. The predicted octanol–water partition coefficient (Wildman–Crippen LogP) is 5.05. The van der Waals surface area contributed by atoms with Gasteiger partial charge in [-0.1, -0.05) is 19.1 Å². The summed E-state index contributed by atoms with van der Waals surface area (Å²) in [6.07, 6.45) is 2.46. The molecule has 162 valence electrons. The zero-order valence-corrected chi connectivity index (χ0v) is 19.6. The van der Waals surface area contributed by atoms with E-state index in [9.17, 15) is 4.79 Å². The fourth-order valence-corrected chi connectivity index (χ4v) is 5.10. The van der Waals surface area contributed by atoms with Crippen molar-refractivity contribution in [1.29, 1.82) is 0 Å². The molecule has 0 spiro atoms. The van der Waals surface area contributed by atoms with Crippen LogP contribution < -0.4 is 0 Å². The van der Waals surface area contributed by atoms with Crippen LogP contribution in [0.25, 0.3) is 10.7 Å². The number of fused-ring (bicyclic) bond motifs is 1. The fourth-order valence-electron chi connectivity index (χ4n) is 3.43. The number of aromatic amines is 1. The number of carbonyl (C=O) groups is 1. The summed E-state index contributed by atoms with van der Waals surface area (Å²) in [5, 5.41) is 10.9. The summed E-state index contributed by atoms with van der Waals surface area (Å²) < 4.78 is 0. The summed E-state index contributed by atoms with van der Waals surface area (Å²) >= 11 is 3.33. The lowest BCUT2D eigenvalue weighted by atomic mass is 10.0. The summed E-state index contributed by atoms with van der Waals surface area (Å²) in [7, 11) is 0. The van der Waals surface area contributed by atoms with Gasteiger partial charge in [-0.25, -0.2) is 4.98 Å². The van der Waals surface area contributed by atoms with Gasteiger partial charge in [-0.2, -0.15) is 5.10 Å². The molecule has 6 nitrogen and oxygen atoms in total. The Morgan fingerprint density at radius 1 is 1.32 bits per heavy atom. The molecule has 1 aliphatic rings. The molecule has 8 heteroatoms. The van der Waals surface area contributed by atoms with E-state index in [0.29, 0.717) is 13.1 Å². The third-order valence-electron chi connectivity index (χ3n) is 4.78. The molecule has 0 radical (unpaired) electrons. The molecule has 3 aromatic rings. The van der Waals surface area contributed by atoms with E-state index in [1.165, 1.54) is 0 Å². The lowest BCUT2D eigenvalue weighted by Gasteiger charge is -2.15. The maximum absolute atomic E-state index is 12.9. The van der Waals surface area contributed by atoms with Crippen molar-refractivity contribution in [3.8, 4) is 10.7 Å². The number of aromatic nitrogens is 3. The minimum Gasteiger partial charge on any atom is -0.334 e. The first-order chi connectivity index (χ1) is 15.2. The van der Waals surface area contributed by atoms with Crippen LogP contribution >= 0.6 is 23.1 Å². The summed E-state index contributed by atoms with van der Waals surface area (Å²) in [6.45, 7) is 12.2. The lowest BCUT2D eigenvalue weighted by Crippen LogP contribution is -2.26. The summed E-state index contributed by atoms with van der Waals surface area (Å²) in [5.74, 6) is 1.06. The number of amides is 1. The van der Waals surface area contributed by atoms with Gasteiger partial charge in [0.1, 0.15) is 5.01 Å². The SMILES string of the molecule is C=C.CCN=C(SCC)c1cccc2c1CN(CCc1csc(-c3ccn[nH]3)n1)C2=O. The Balaban J connectivity index is 0.00000132. The molecular weight excluding hydrogens is 426 g/mol. The van der Waals surface area contributed by atoms with E-state index in [2.05, 4.69) is 51.7 Å². The van der Waals surface area contributed by atoms with Gasteiger partial charge in [0, 0.05) is 48.8 Å². The summed E-state index contributed by atoms with van der Waals surface area (Å²) in [6, 6.07) is 7.90. The third-order valence-corrected chi connectivity index (χ3v) is 6.61. The van der Waals surface area contributed by atoms with Crippen LogP contribution in [0.2, 0.25) is 0 Å². The molecule has 0 fully saturated rings. The van der Waals surface area contributed by atoms with Crippen molar-refractivity contribution in [3.63, 3.8) is 0 Å². The van der Waals surface area contributed by atoms with Crippen LogP contribution in [0.15, 0.2) is 54.0 Å². The van der Waals surface area contributed by atoms with E-state index < -0.39 is 0 Å². The highest BCUT2D eigenvalue weighted by Gasteiger charge is 2.30. The zero-order valence-electron chi connectivity index (χ0n) is 17.9. The number of H-pyrrole nitrogens is 1. The third kappa shape index (κ3) is 5.14. The Morgan fingerprint density at radius 2 is 2.16 bits per heavy atom. The molecular formula is C23H27N5OS2. The van der Waals surface area contributed by atoms with E-state index in [-0.39, 0.29) is 5.91 Å². The number of aliphatic imine (C=N–C) groups is 1. The maximum atomic E-state index is 12.9. The van der Waals surface area contributed by atoms with Gasteiger partial charge >= 0.3 is 0 Å². The van der Waals surface area contributed by atoms with E-state index in [0.717, 1.165) is 56.8 Å². The number of rotatable bonds is 7. The second kappa shape index (κ2) is 11.1. The van der Waals surface area contributed by atoms with Gasteiger partial charge in [0.2, 0.25) is 0 Å². The minimum absolute atomic E-state index is 0.100. The molecule has 1 aliphatic heterocycles. The number of benzene rings is 1. The Labute approximate surface area is 191 Å². The number of thiazole rings is 1. The molecule has 0 saturated heterocycles. The van der Waals surface area contributed by atoms with Crippen molar-refractivity contribution in [2.45, 2.75) is 26.8 Å². The number of hydrogen-bond donors (Lipinski definition) is 1. The molecule has 1 N–H and O–H groups in total. The van der Waals surface area contributed by atoms with Crippen molar-refractivity contribution >= 4 is 34.0 Å². The van der Waals surface area contributed by atoms with Crippen LogP contribution in [-0.4, -0.2) is 49.9 Å². The summed E-state index contributed by atoms with van der Waals surface area (Å²) in [4.78, 5) is 24.2. The van der Waals surface area contributed by atoms with E-state index in [1.807, 2.05) is 30.0 Å². The first kappa shape index (κ1) is 23.0. The minimum atomic E-state index is 0.100. The van der Waals surface area contributed by atoms with E-state index in [4.69, 9.17) is 0 Å². The maximum Gasteiger partial charge on any atom is 0.254 e. The number of nitrogens with one attached hydrogen (secondary N) is 1. The molecule has 1 amide bonds. The van der Waals surface area contributed by atoms with Gasteiger partial charge in [0.25, 0.3) is 5.91 Å². The van der Waals surface area contributed by atoms with Crippen molar-refractivity contribution in [2.24, 2.45) is 4.99 Å². The average molecular weight is 454 g/mol. The standard InChI is InChI=1S/C21H23N5OS2.C2H4/c1-3-22-19(28-4-2)15-6-5-7-16-17(15)12-26(21(16)27)11-9-14-13-29-20(24-14)18-8-10-23-25-18;1-2/h5-8,10,13H,3-4,9,11-12H2,1-2H3,(H,23,25);1-2H2. The highest BCUT2D eigenvalue weighted by atomic mass is 32.2. The second-order valence-corrected chi connectivity index (χ2v) is 8.75. The second-order valence-electron chi connectivity index (χ2n) is 6.64. The lowest BCUT2D eigenvalue weighted by molar-refractivity contribution is 0.0780. The number of carbonyl (C=O) groups excluding carboxylic acids is 1. The molecule has 3 heterocycles. The first-order valence-electron chi connectivity index (χ1n) is 10.2. The van der Waals surface area contributed by atoms with Gasteiger partial charge in [0.15, 0.2) is 0 Å². The number of hydrogen-bond acceptors (Lipinski definition) is 6. The van der Waals surface area contributed by atoms with Gasteiger partial charge in [-0.15, -0.1) is 36.3 Å². The molecule has 0 saturated carbocycles. The molecule has 0 bridgehead atoms. The topological polar surface area (TPSA) is 74.2 Å². The molecule has 4 rings (SSSR count). The number of nitrogens with zero attached hydrogens (tertiary/aromatic N) is 4. The molecule has 0 unspecified atom stereocenters. The molecule has 1 aromatic carbocycles. The average Bonchev–Trinajstić information content (AvgIpc) is 3.54. The Hall–Kier alpha value is -2.71. The Kier molecular flexibility index (Phi) is 8.20. The monoisotopic (exact) mass is 453 g/mol. The van der Waals surface area contributed by atoms with Crippen molar-refractivity contribution in [1.82, 2.24) is 20.1 Å². The van der Waals surface area contributed by atoms with E-state index in [1.54, 1.807) is 29.3 Å². The van der Waals surface area contributed by atoms with Crippen LogP contribution in [0.4, 0.5) is 0 Å². The quantitative estimate of drug-likeness (QED) is 0.308. The molecule has 2 aromatic heterocycles. The van der Waals surface area contributed by atoms with Crippen LogP contribution in [0.5, 0.6) is 0 Å². The first-order valence-corrected chi connectivity index (χ1v) is 12.1. The van der Waals surface area contributed by atoms with Crippen LogP contribution in [0.3, 0.4) is 0 Å². The van der Waals surface area contributed by atoms with E-state index >= 15 is 0 Å². The Bertz CT molecular complexity index is 1040. The van der Waals surface area contributed by atoms with Crippen molar-refractivity contribution < 1.29 is 4.79 Å². The van der Waals surface area contributed by atoms with Crippen LogP contribution in [0.1, 0.15) is 41.0 Å². The van der Waals surface area contributed by atoms with Crippen molar-refractivity contribution in [3.05, 3.63) is 71.4 Å². The van der Waals surface area contributed by atoms with Crippen molar-refractivity contribution in [2.75, 3.05) is 18.8 Å². The fraction of sp³-hybridized carbons (Fsp3) is 0.304. The normalized spacial score (nSPS) is 13.2. The molecule has 0 aliphatic carbocycles. The zero-order chi connectivity index (χ0) is 22.2. The van der Waals surface area contributed by atoms with Crippen LogP contribution in [0, 0.1) is 0 Å². The molecule has 0 atom stereocenters. The van der Waals surface area contributed by atoms with Gasteiger partial charge in [0.05, 0.1) is 16.4 Å². The van der Waals surface area contributed by atoms with Gasteiger partial charge < -0.3 is 4.90 Å². The summed E-state index contributed by atoms with van der Waals surface area (Å²) in [5.41, 5.74) is 4.92.